The van der Waals surface area contributed by atoms with Gasteiger partial charge in [-0.1, -0.05) is 0 Å². The van der Waals surface area contributed by atoms with E-state index in [2.05, 4.69) is 5.32 Å². The molecule has 1 aromatic carbocycles. The molecule has 2 rings (SSSR count). The van der Waals surface area contributed by atoms with Crippen molar-refractivity contribution in [2.24, 2.45) is 0 Å². The van der Waals surface area contributed by atoms with E-state index < -0.39 is 22.3 Å². The van der Waals surface area contributed by atoms with Gasteiger partial charge in [-0.25, -0.2) is 0 Å². The van der Waals surface area contributed by atoms with E-state index in [-0.39, 0.29) is 17.4 Å². The number of nitrogens with zero attached hydrogens (tertiary/aromatic N) is 1. The molecule has 1 saturated heterocycles. The normalized spacial score (nSPS) is 17.6. The number of nitro benzene ring substituents is 1. The standard InChI is InChI=1S/C13H17N3O5/c14-10-7-12(17)11(16(19)20)6-9(10)13(18)15-4-3-8-2-1-5-21-8/h6-8,17H,1-5,14H2,(H,15,18)/t8-/m0/s1. The third-order valence-corrected chi connectivity index (χ3v) is 3.36. The van der Waals surface area contributed by atoms with Crippen LogP contribution in [0.25, 0.3) is 0 Å². The minimum absolute atomic E-state index is 0.00674. The van der Waals surface area contributed by atoms with Crippen molar-refractivity contribution >= 4 is 17.3 Å². The molecule has 0 bridgehead atoms. The largest absolute Gasteiger partial charge is 0.502 e. The summed E-state index contributed by atoms with van der Waals surface area (Å²) in [6.45, 7) is 1.15. The zero-order chi connectivity index (χ0) is 15.4. The molecule has 8 heteroatoms. The lowest BCUT2D eigenvalue weighted by Crippen LogP contribution is -2.27. The zero-order valence-electron chi connectivity index (χ0n) is 11.4. The van der Waals surface area contributed by atoms with Crippen molar-refractivity contribution in [2.45, 2.75) is 25.4 Å². The molecule has 8 nitrogen and oxygen atoms in total. The maximum absolute atomic E-state index is 12.0. The maximum Gasteiger partial charge on any atom is 0.311 e. The smallest absolute Gasteiger partial charge is 0.311 e. The maximum atomic E-state index is 12.0. The van der Waals surface area contributed by atoms with Crippen LogP contribution in [0.15, 0.2) is 12.1 Å². The molecule has 21 heavy (non-hydrogen) atoms. The van der Waals surface area contributed by atoms with E-state index in [4.69, 9.17) is 10.5 Å². The van der Waals surface area contributed by atoms with Crippen LogP contribution in [0.5, 0.6) is 5.75 Å². The highest BCUT2D eigenvalue weighted by molar-refractivity contribution is 6.00. The highest BCUT2D eigenvalue weighted by atomic mass is 16.6. The molecule has 0 radical (unpaired) electrons. The van der Waals surface area contributed by atoms with Crippen LogP contribution in [-0.2, 0) is 4.74 Å². The van der Waals surface area contributed by atoms with Gasteiger partial charge in [0.15, 0.2) is 5.75 Å². The highest BCUT2D eigenvalue weighted by Gasteiger charge is 2.21. The van der Waals surface area contributed by atoms with Gasteiger partial charge in [0.1, 0.15) is 0 Å². The third-order valence-electron chi connectivity index (χ3n) is 3.36. The lowest BCUT2D eigenvalue weighted by molar-refractivity contribution is -0.385. The Labute approximate surface area is 121 Å². The summed E-state index contributed by atoms with van der Waals surface area (Å²) in [7, 11) is 0. The van der Waals surface area contributed by atoms with Crippen molar-refractivity contribution in [1.29, 1.82) is 0 Å². The van der Waals surface area contributed by atoms with Crippen molar-refractivity contribution in [3.8, 4) is 5.75 Å². The van der Waals surface area contributed by atoms with Crippen molar-refractivity contribution in [3.05, 3.63) is 27.8 Å². The second-order valence-corrected chi connectivity index (χ2v) is 4.86. The monoisotopic (exact) mass is 295 g/mol. The quantitative estimate of drug-likeness (QED) is 0.425. The van der Waals surface area contributed by atoms with Gasteiger partial charge in [-0.05, 0) is 19.3 Å². The molecule has 1 aromatic rings. The van der Waals surface area contributed by atoms with Gasteiger partial charge in [0.05, 0.1) is 16.6 Å². The number of hydrogen-bond donors (Lipinski definition) is 3. The van der Waals surface area contributed by atoms with Gasteiger partial charge in [-0.2, -0.15) is 0 Å². The zero-order valence-corrected chi connectivity index (χ0v) is 11.4. The number of benzene rings is 1. The van der Waals surface area contributed by atoms with E-state index in [1.165, 1.54) is 0 Å². The minimum Gasteiger partial charge on any atom is -0.502 e. The average Bonchev–Trinajstić information content (AvgIpc) is 2.91. The Balaban J connectivity index is 2.00. The number of phenols is 1. The summed E-state index contributed by atoms with van der Waals surface area (Å²) in [5.74, 6) is -1.07. The Kier molecular flexibility index (Phi) is 4.59. The van der Waals surface area contributed by atoms with Gasteiger partial charge in [0, 0.05) is 31.0 Å². The van der Waals surface area contributed by atoms with Crippen molar-refractivity contribution in [2.75, 3.05) is 18.9 Å². The summed E-state index contributed by atoms with van der Waals surface area (Å²) in [4.78, 5) is 22.0. The fraction of sp³-hybridized carbons (Fsp3) is 0.462. The first-order chi connectivity index (χ1) is 9.99. The fourth-order valence-corrected chi connectivity index (χ4v) is 2.25. The number of hydrogen-bond acceptors (Lipinski definition) is 6. The van der Waals surface area contributed by atoms with Gasteiger partial charge in [0.25, 0.3) is 5.91 Å². The molecule has 0 spiro atoms. The number of anilines is 1. The number of phenolic OH excluding ortho intramolecular Hbond substituents is 1. The summed E-state index contributed by atoms with van der Waals surface area (Å²) in [5.41, 5.74) is 5.04. The molecular weight excluding hydrogens is 278 g/mol. The number of carbonyl (C=O) groups is 1. The summed E-state index contributed by atoms with van der Waals surface area (Å²) < 4.78 is 5.43. The number of nitrogens with two attached hydrogens (primary N) is 1. The molecule has 1 fully saturated rings. The molecule has 1 heterocycles. The fourth-order valence-electron chi connectivity index (χ4n) is 2.25. The van der Waals surface area contributed by atoms with E-state index in [0.29, 0.717) is 13.0 Å². The first kappa shape index (κ1) is 15.0. The van der Waals surface area contributed by atoms with Crippen LogP contribution in [-0.4, -0.2) is 35.2 Å². The number of amides is 1. The summed E-state index contributed by atoms with van der Waals surface area (Å²) >= 11 is 0. The molecule has 1 aliphatic rings. The number of nitrogens with one attached hydrogen (secondary N) is 1. The molecule has 0 unspecified atom stereocenters. The number of rotatable bonds is 5. The Hall–Kier alpha value is -2.35. The molecule has 1 atom stereocenters. The average molecular weight is 295 g/mol. The van der Waals surface area contributed by atoms with Crippen LogP contribution in [0.1, 0.15) is 29.6 Å². The SMILES string of the molecule is Nc1cc(O)c([N+](=O)[O-])cc1C(=O)NCC[C@@H]1CCCO1. The number of nitro groups is 1. The number of nitrogen functional groups attached to an aromatic ring is 1. The Morgan fingerprint density at radius 3 is 2.95 bits per heavy atom. The predicted octanol–water partition coefficient (Wildman–Crippen LogP) is 1.18. The second-order valence-electron chi connectivity index (χ2n) is 4.86. The van der Waals surface area contributed by atoms with Crippen molar-refractivity contribution < 1.29 is 19.6 Å². The molecule has 0 saturated carbocycles. The van der Waals surface area contributed by atoms with E-state index in [9.17, 15) is 20.0 Å². The van der Waals surface area contributed by atoms with E-state index >= 15 is 0 Å². The molecule has 1 amide bonds. The summed E-state index contributed by atoms with van der Waals surface area (Å²) in [6, 6.07) is 1.99. The van der Waals surface area contributed by atoms with Crippen molar-refractivity contribution in [1.82, 2.24) is 5.32 Å². The molecule has 4 N–H and O–H groups in total. The van der Waals surface area contributed by atoms with Crippen LogP contribution in [0, 0.1) is 10.1 Å². The van der Waals surface area contributed by atoms with E-state index in [1.807, 2.05) is 0 Å². The Bertz CT molecular complexity index is 555. The second kappa shape index (κ2) is 6.40. The summed E-state index contributed by atoms with van der Waals surface area (Å²) in [5, 5.41) is 22.8. The van der Waals surface area contributed by atoms with Gasteiger partial charge in [-0.3, -0.25) is 14.9 Å². The van der Waals surface area contributed by atoms with Crippen molar-refractivity contribution in [3.63, 3.8) is 0 Å². The van der Waals surface area contributed by atoms with Crippen LogP contribution in [0.3, 0.4) is 0 Å². The van der Waals surface area contributed by atoms with Gasteiger partial charge >= 0.3 is 5.69 Å². The lowest BCUT2D eigenvalue weighted by Gasteiger charge is -2.11. The first-order valence-corrected chi connectivity index (χ1v) is 6.65. The van der Waals surface area contributed by atoms with Gasteiger partial charge in [-0.15, -0.1) is 0 Å². The van der Waals surface area contributed by atoms with Gasteiger partial charge in [0.2, 0.25) is 0 Å². The Morgan fingerprint density at radius 2 is 2.33 bits per heavy atom. The van der Waals surface area contributed by atoms with Crippen LogP contribution in [0.4, 0.5) is 11.4 Å². The van der Waals surface area contributed by atoms with Gasteiger partial charge < -0.3 is 20.9 Å². The molecule has 0 aromatic heterocycles. The molecule has 1 aliphatic heterocycles. The number of aromatic hydroxyl groups is 1. The first-order valence-electron chi connectivity index (χ1n) is 6.65. The van der Waals surface area contributed by atoms with Crippen LogP contribution >= 0.6 is 0 Å². The molecular formula is C13H17N3O5. The van der Waals surface area contributed by atoms with E-state index in [1.54, 1.807) is 0 Å². The number of carbonyl (C=O) groups excluding carboxylic acids is 1. The molecule has 0 aliphatic carbocycles. The third kappa shape index (κ3) is 3.60. The van der Waals surface area contributed by atoms with Crippen LogP contribution in [0.2, 0.25) is 0 Å². The Morgan fingerprint density at radius 1 is 1.57 bits per heavy atom. The predicted molar refractivity (Wildman–Crippen MR) is 75.1 cm³/mol. The highest BCUT2D eigenvalue weighted by Crippen LogP contribution is 2.30. The van der Waals surface area contributed by atoms with E-state index in [0.717, 1.165) is 31.6 Å². The number of ether oxygens (including phenoxy) is 1. The molecule has 114 valence electrons. The topological polar surface area (TPSA) is 128 Å². The lowest BCUT2D eigenvalue weighted by atomic mass is 10.1. The summed E-state index contributed by atoms with van der Waals surface area (Å²) in [6.07, 6.45) is 2.83. The minimum atomic E-state index is -0.766. The van der Waals surface area contributed by atoms with Crippen LogP contribution < -0.4 is 11.1 Å².